The molecular weight excluding hydrogens is 567 g/mol. The molecule has 0 bridgehead atoms. The molecule has 9 nitrogen and oxygen atoms in total. The maximum absolute atomic E-state index is 12.3. The van der Waals surface area contributed by atoms with Gasteiger partial charge in [0.25, 0.3) is 0 Å². The summed E-state index contributed by atoms with van der Waals surface area (Å²) in [5, 5.41) is 11.3. The number of hydrogen-bond donors (Lipinski definition) is 2. The van der Waals surface area contributed by atoms with Gasteiger partial charge in [-0.3, -0.25) is 4.40 Å². The van der Waals surface area contributed by atoms with E-state index in [0.29, 0.717) is 30.0 Å². The highest BCUT2D eigenvalue weighted by molar-refractivity contribution is 7.99. The largest absolute Gasteiger partial charge is 0.465 e. The van der Waals surface area contributed by atoms with E-state index in [2.05, 4.69) is 32.7 Å². The molecule has 0 unspecified atom stereocenters. The summed E-state index contributed by atoms with van der Waals surface area (Å²) in [4.78, 5) is 30.6. The van der Waals surface area contributed by atoms with Crippen LogP contribution in [0.25, 0.3) is 15.9 Å². The van der Waals surface area contributed by atoms with Gasteiger partial charge in [0.2, 0.25) is 5.95 Å². The third kappa shape index (κ3) is 6.08. The second-order valence-electron chi connectivity index (χ2n) is 10.8. The average Bonchev–Trinajstić information content (AvgIpc) is 3.59. The summed E-state index contributed by atoms with van der Waals surface area (Å²) in [5.41, 5.74) is 2.62. The van der Waals surface area contributed by atoms with Gasteiger partial charge >= 0.3 is 5.97 Å². The maximum atomic E-state index is 12.3. The first-order valence-corrected chi connectivity index (χ1v) is 15.9. The van der Waals surface area contributed by atoms with Crippen LogP contribution in [-0.2, 0) is 11.3 Å². The highest BCUT2D eigenvalue weighted by atomic mass is 32.2. The number of para-hydroxylation sites is 1. The van der Waals surface area contributed by atoms with E-state index in [4.69, 9.17) is 19.7 Å². The van der Waals surface area contributed by atoms with Gasteiger partial charge in [0, 0.05) is 48.5 Å². The molecule has 0 saturated heterocycles. The van der Waals surface area contributed by atoms with Crippen molar-refractivity contribution in [2.24, 2.45) is 5.92 Å². The molecule has 6 rings (SSSR count). The van der Waals surface area contributed by atoms with E-state index in [1.54, 1.807) is 17.4 Å². The molecular formula is C31H35N7O2S2. The fraction of sp³-hybridized carbons (Fsp3) is 0.355. The first-order valence-electron chi connectivity index (χ1n) is 14.2. The molecule has 0 aliphatic heterocycles. The topological polar surface area (TPSA) is 96.7 Å². The number of ether oxygens (including phenoxy) is 1. The zero-order valence-electron chi connectivity index (χ0n) is 24.0. The van der Waals surface area contributed by atoms with Crippen LogP contribution in [-0.4, -0.2) is 59.1 Å². The minimum absolute atomic E-state index is 0.339. The minimum Gasteiger partial charge on any atom is -0.465 e. The Labute approximate surface area is 253 Å². The van der Waals surface area contributed by atoms with Gasteiger partial charge in [-0.15, -0.1) is 11.3 Å². The maximum Gasteiger partial charge on any atom is 0.339 e. The molecule has 0 amide bonds. The fourth-order valence-corrected chi connectivity index (χ4v) is 7.37. The van der Waals surface area contributed by atoms with Crippen LogP contribution in [0.5, 0.6) is 0 Å². The molecule has 1 saturated carbocycles. The molecule has 2 N–H and O–H groups in total. The molecule has 1 aliphatic carbocycles. The SMILES string of the molecule is COC(=O)c1ccccc1Sc1nc2sccn2c1CNC[C@H]1CC[C@@H](Nc2nc(N(C)C)c3ccccc3n2)CC1. The third-order valence-corrected chi connectivity index (χ3v) is 9.59. The number of carbonyl (C=O) groups excluding carboxylic acids is 1. The molecule has 218 valence electrons. The number of aromatic nitrogens is 4. The van der Waals surface area contributed by atoms with Gasteiger partial charge < -0.3 is 20.3 Å². The number of methoxy groups -OCH3 is 1. The van der Waals surface area contributed by atoms with Crippen molar-refractivity contribution in [2.45, 2.75) is 48.2 Å². The monoisotopic (exact) mass is 601 g/mol. The van der Waals surface area contributed by atoms with Gasteiger partial charge in [-0.2, -0.15) is 4.98 Å². The Morgan fingerprint density at radius 3 is 2.67 bits per heavy atom. The number of nitrogens with zero attached hydrogens (tertiary/aromatic N) is 5. The van der Waals surface area contributed by atoms with Crippen LogP contribution in [0.1, 0.15) is 41.7 Å². The number of esters is 1. The van der Waals surface area contributed by atoms with E-state index >= 15 is 0 Å². The van der Waals surface area contributed by atoms with Crippen LogP contribution in [0.2, 0.25) is 0 Å². The van der Waals surface area contributed by atoms with E-state index < -0.39 is 0 Å². The molecule has 2 aromatic carbocycles. The summed E-state index contributed by atoms with van der Waals surface area (Å²) in [6, 6.07) is 16.1. The summed E-state index contributed by atoms with van der Waals surface area (Å²) in [7, 11) is 5.45. The fourth-order valence-electron chi connectivity index (χ4n) is 5.55. The lowest BCUT2D eigenvalue weighted by atomic mass is 9.86. The van der Waals surface area contributed by atoms with E-state index in [0.717, 1.165) is 69.5 Å². The first-order chi connectivity index (χ1) is 20.5. The Balaban J connectivity index is 1.06. The molecule has 5 aromatic rings. The predicted octanol–water partition coefficient (Wildman–Crippen LogP) is 6.10. The van der Waals surface area contributed by atoms with Crippen molar-refractivity contribution in [3.63, 3.8) is 0 Å². The van der Waals surface area contributed by atoms with Gasteiger partial charge in [-0.05, 0) is 62.4 Å². The Hall–Kier alpha value is -3.67. The zero-order chi connectivity index (χ0) is 29.1. The number of anilines is 2. The summed E-state index contributed by atoms with van der Waals surface area (Å²) < 4.78 is 7.14. The van der Waals surface area contributed by atoms with Crippen LogP contribution in [0.3, 0.4) is 0 Å². The standard InChI is InChI=1S/C31H35N7O2S2/c1-37(2)27-22-8-4-6-10-24(22)34-30(35-27)33-21-14-12-20(13-15-21)18-32-19-25-28(36-31-38(25)16-17-41-31)42-26-11-7-5-9-23(26)29(39)40-3/h4-11,16-17,20-21,32H,12-15,18-19H2,1-3H3,(H,33,34,35)/t20-,21+. The molecule has 0 atom stereocenters. The third-order valence-electron chi connectivity index (χ3n) is 7.74. The van der Waals surface area contributed by atoms with Gasteiger partial charge in [0.05, 0.1) is 23.9 Å². The summed E-state index contributed by atoms with van der Waals surface area (Å²) in [6.07, 6.45) is 6.54. The van der Waals surface area contributed by atoms with E-state index in [9.17, 15) is 4.79 Å². The van der Waals surface area contributed by atoms with Crippen molar-refractivity contribution in [3.05, 3.63) is 71.4 Å². The number of hydrogen-bond acceptors (Lipinski definition) is 10. The van der Waals surface area contributed by atoms with Gasteiger partial charge in [0.1, 0.15) is 10.8 Å². The summed E-state index contributed by atoms with van der Waals surface area (Å²) in [6.45, 7) is 1.65. The van der Waals surface area contributed by atoms with Gasteiger partial charge in [-0.1, -0.05) is 36.0 Å². The molecule has 1 aliphatic rings. The predicted molar refractivity (Wildman–Crippen MR) is 170 cm³/mol. The van der Waals surface area contributed by atoms with Crippen LogP contribution in [0.15, 0.2) is 70.0 Å². The van der Waals surface area contributed by atoms with Crippen LogP contribution < -0.4 is 15.5 Å². The molecule has 42 heavy (non-hydrogen) atoms. The number of thiazole rings is 1. The lowest BCUT2D eigenvalue weighted by molar-refractivity contribution is 0.0597. The van der Waals surface area contributed by atoms with Gasteiger partial charge in [0.15, 0.2) is 4.96 Å². The van der Waals surface area contributed by atoms with E-state index in [1.165, 1.54) is 18.9 Å². The summed E-state index contributed by atoms with van der Waals surface area (Å²) >= 11 is 3.13. The highest BCUT2D eigenvalue weighted by Crippen LogP contribution is 2.34. The van der Waals surface area contributed by atoms with Crippen LogP contribution >= 0.6 is 23.1 Å². The molecule has 11 heteroatoms. The lowest BCUT2D eigenvalue weighted by Gasteiger charge is -2.29. The van der Waals surface area contributed by atoms with Crippen molar-refractivity contribution in [2.75, 3.05) is 38.0 Å². The first kappa shape index (κ1) is 28.4. The summed E-state index contributed by atoms with van der Waals surface area (Å²) in [5.74, 6) is 1.92. The molecule has 0 radical (unpaired) electrons. The van der Waals surface area contributed by atoms with Crippen molar-refractivity contribution in [3.8, 4) is 0 Å². The Kier molecular flexibility index (Phi) is 8.59. The normalized spacial score (nSPS) is 17.0. The van der Waals surface area contributed by atoms with Crippen molar-refractivity contribution in [1.29, 1.82) is 0 Å². The Morgan fingerprint density at radius 2 is 1.86 bits per heavy atom. The lowest BCUT2D eigenvalue weighted by Crippen LogP contribution is -2.32. The van der Waals surface area contributed by atoms with E-state index in [1.807, 2.05) is 55.4 Å². The Morgan fingerprint density at radius 1 is 1.07 bits per heavy atom. The molecule has 1 fully saturated rings. The molecule has 0 spiro atoms. The number of carbonyl (C=O) groups is 1. The molecule has 3 aromatic heterocycles. The van der Waals surface area contributed by atoms with Crippen LogP contribution in [0, 0.1) is 5.92 Å². The molecule has 3 heterocycles. The number of nitrogens with one attached hydrogen (secondary N) is 2. The average molecular weight is 602 g/mol. The zero-order valence-corrected chi connectivity index (χ0v) is 25.7. The van der Waals surface area contributed by atoms with Crippen molar-refractivity contribution >= 4 is 56.7 Å². The van der Waals surface area contributed by atoms with Gasteiger partial charge in [-0.25, -0.2) is 14.8 Å². The van der Waals surface area contributed by atoms with Crippen molar-refractivity contribution in [1.82, 2.24) is 24.7 Å². The number of benzene rings is 2. The van der Waals surface area contributed by atoms with E-state index in [-0.39, 0.29) is 5.97 Å². The smallest absolute Gasteiger partial charge is 0.339 e. The van der Waals surface area contributed by atoms with Crippen LogP contribution in [0.4, 0.5) is 11.8 Å². The number of rotatable bonds is 10. The number of fused-ring (bicyclic) bond motifs is 2. The second kappa shape index (κ2) is 12.7. The minimum atomic E-state index is -0.339. The highest BCUT2D eigenvalue weighted by Gasteiger charge is 2.23. The Bertz CT molecular complexity index is 1690. The quantitative estimate of drug-likeness (QED) is 0.184. The van der Waals surface area contributed by atoms with Crippen molar-refractivity contribution < 1.29 is 9.53 Å². The second-order valence-corrected chi connectivity index (χ2v) is 12.7. The number of imidazole rings is 1.